The number of ketones is 1. The van der Waals surface area contributed by atoms with Gasteiger partial charge in [0, 0.05) is 32.7 Å². The summed E-state index contributed by atoms with van der Waals surface area (Å²) in [5, 5.41) is 20.0. The van der Waals surface area contributed by atoms with Gasteiger partial charge in [0.1, 0.15) is 5.82 Å². The Hall–Kier alpha value is -2.91. The topological polar surface area (TPSA) is 229 Å². The van der Waals surface area contributed by atoms with Gasteiger partial charge in [0.2, 0.25) is 5.82 Å². The van der Waals surface area contributed by atoms with Crippen molar-refractivity contribution < 1.29 is 68.8 Å². The van der Waals surface area contributed by atoms with Crippen molar-refractivity contribution in [3.63, 3.8) is 0 Å². The predicted octanol–water partition coefficient (Wildman–Crippen LogP) is -5.11. The number of nitrogens with zero attached hydrogens (tertiary/aromatic N) is 4. The molecule has 0 aliphatic heterocycles. The number of aliphatic hydroxyl groups is 1. The van der Waals surface area contributed by atoms with Gasteiger partial charge in [0.15, 0.2) is 11.6 Å². The molecule has 0 saturated carbocycles. The maximum atomic E-state index is 11.0. The van der Waals surface area contributed by atoms with Crippen LogP contribution in [-0.4, -0.2) is 71.1 Å². The van der Waals surface area contributed by atoms with Crippen LogP contribution in [0, 0.1) is 0 Å². The summed E-state index contributed by atoms with van der Waals surface area (Å²) in [6, 6.07) is 19.8. The van der Waals surface area contributed by atoms with E-state index in [4.69, 9.17) is 5.11 Å². The van der Waals surface area contributed by atoms with E-state index in [0.29, 0.717) is 24.5 Å². The summed E-state index contributed by atoms with van der Waals surface area (Å²) in [6.07, 6.45) is 2.95. The summed E-state index contributed by atoms with van der Waals surface area (Å²) in [5.41, 5.74) is 2.26. The van der Waals surface area contributed by atoms with Crippen LogP contribution in [0.5, 0.6) is 0 Å². The van der Waals surface area contributed by atoms with Crippen molar-refractivity contribution in [2.24, 2.45) is 0 Å². The molecule has 4 rings (SSSR count). The largest absolute Gasteiger partial charge is 1.00 e. The van der Waals surface area contributed by atoms with E-state index in [1.54, 1.807) is 6.29 Å². The fourth-order valence-corrected chi connectivity index (χ4v) is 2.52. The van der Waals surface area contributed by atoms with E-state index in [1.165, 1.54) is 6.92 Å². The summed E-state index contributed by atoms with van der Waals surface area (Å²) in [7, 11) is 1.00. The van der Waals surface area contributed by atoms with E-state index in [9.17, 15) is 9.59 Å². The molecule has 0 unspecified atom stereocenters. The van der Waals surface area contributed by atoms with Crippen LogP contribution < -0.4 is 37.7 Å². The Balaban J connectivity index is -0.000000236. The smallest absolute Gasteiger partial charge is 0.870 e. The zero-order valence-corrected chi connectivity index (χ0v) is 20.6. The first-order valence-electron chi connectivity index (χ1n) is 9.38. The molecule has 2 aromatic heterocycles. The Bertz CT molecular complexity index is 1080. The number of aliphatic hydroxyl groups excluding tert-OH is 1. The van der Waals surface area contributed by atoms with E-state index in [0.717, 1.165) is 18.2 Å². The first-order chi connectivity index (χ1) is 15.1. The molecule has 0 aliphatic carbocycles. The van der Waals surface area contributed by atoms with Gasteiger partial charge in [0.25, 0.3) is 0 Å². The van der Waals surface area contributed by atoms with Gasteiger partial charge in [-0.3, -0.25) is 15.0 Å². The van der Waals surface area contributed by atoms with E-state index in [1.807, 2.05) is 60.7 Å². The molecule has 0 amide bonds. The Morgan fingerprint density at radius 3 is 1.75 bits per heavy atom. The average Bonchev–Trinajstić information content (AvgIpc) is 3.47. The van der Waals surface area contributed by atoms with Gasteiger partial charge in [-0.15, -0.1) is 0 Å². The molecular weight excluding hydrogens is 458 g/mol. The standard InChI is InChI=1S/C11H11N3O.C10H8N3O.CH4O.2Li.3H2O/c1-8(15)11-12-10(13-14-11)7-9-5-3-2-4-6-9;14-7-10-11-9(12-13-10)6-8-4-2-1-3-5-8;1-2;;;;;/h2-6H,7H2,1H3,(H,12,13,14);1-5H,6H2,(H,11,12,13);2H,1H3;;;3*1H2/q;-1;;2*+1;;;/p-2. The summed E-state index contributed by atoms with van der Waals surface area (Å²) in [4.78, 5) is 29.2. The quantitative estimate of drug-likeness (QED) is 0.134. The minimum Gasteiger partial charge on any atom is -0.870 e. The van der Waals surface area contributed by atoms with Crippen molar-refractivity contribution >= 4 is 12.1 Å². The zero-order valence-electron chi connectivity index (χ0n) is 20.6. The van der Waals surface area contributed by atoms with Crippen molar-refractivity contribution in [2.45, 2.75) is 19.8 Å². The first-order valence-corrected chi connectivity index (χ1v) is 9.38. The minimum atomic E-state index is -0.120. The number of aromatic nitrogens is 6. The number of carbonyl (C=O) groups is 1. The Kier molecular flexibility index (Phi) is 25.2. The van der Waals surface area contributed by atoms with Crippen molar-refractivity contribution in [1.29, 1.82) is 0 Å². The molecule has 0 atom stereocenters. The van der Waals surface area contributed by atoms with Gasteiger partial charge in [-0.1, -0.05) is 60.7 Å². The molecule has 184 valence electrons. The number of Topliss-reactive ketones (excluding diaryl/α,β-unsaturated/α-hetero) is 1. The van der Waals surface area contributed by atoms with Crippen LogP contribution >= 0.6 is 0 Å². The number of rotatable bonds is 6. The predicted molar refractivity (Wildman–Crippen MR) is 122 cm³/mol. The van der Waals surface area contributed by atoms with Crippen molar-refractivity contribution in [3.05, 3.63) is 95.1 Å². The van der Waals surface area contributed by atoms with Crippen molar-refractivity contribution in [2.75, 3.05) is 7.11 Å². The number of aromatic amines is 2. The number of hydrogen-bond acceptors (Lipinski definition) is 9. The summed E-state index contributed by atoms with van der Waals surface area (Å²) in [5.74, 6) is 1.60. The Morgan fingerprint density at radius 1 is 0.833 bits per heavy atom. The molecule has 14 heteroatoms. The van der Waals surface area contributed by atoms with Gasteiger partial charge >= 0.3 is 37.7 Å². The second-order valence-electron chi connectivity index (χ2n) is 6.19. The monoisotopic (exact) mass is 485 g/mol. The van der Waals surface area contributed by atoms with E-state index < -0.39 is 0 Å². The first kappa shape index (κ1) is 40.3. The third-order valence-corrected chi connectivity index (χ3v) is 3.89. The molecule has 0 bridgehead atoms. The summed E-state index contributed by atoms with van der Waals surface area (Å²) < 4.78 is 0. The third kappa shape index (κ3) is 13.8. The molecule has 2 aromatic carbocycles. The van der Waals surface area contributed by atoms with E-state index in [-0.39, 0.29) is 71.6 Å². The third-order valence-electron chi connectivity index (χ3n) is 3.89. The fourth-order valence-electron chi connectivity index (χ4n) is 2.52. The van der Waals surface area contributed by atoms with Crippen molar-refractivity contribution in [3.8, 4) is 0 Å². The summed E-state index contributed by atoms with van der Waals surface area (Å²) in [6.45, 7) is 1.45. The van der Waals surface area contributed by atoms with Crippen LogP contribution in [-0.2, 0) is 17.6 Å². The van der Waals surface area contributed by atoms with Crippen LogP contribution in [0.15, 0.2) is 60.7 Å². The second kappa shape index (κ2) is 22.6. The van der Waals surface area contributed by atoms with Crippen LogP contribution in [0.1, 0.15) is 46.1 Å². The molecule has 2 heterocycles. The molecule has 36 heavy (non-hydrogen) atoms. The van der Waals surface area contributed by atoms with Gasteiger partial charge in [-0.25, -0.2) is 9.97 Å². The Labute approximate surface area is 232 Å². The van der Waals surface area contributed by atoms with Gasteiger partial charge < -0.3 is 26.3 Å². The van der Waals surface area contributed by atoms with E-state index in [2.05, 4.69) is 30.4 Å². The summed E-state index contributed by atoms with van der Waals surface area (Å²) >= 11 is 0. The number of nitrogens with one attached hydrogen (secondary N) is 2. The SMILES string of the molecule is CC(=O)c1n[nH]c(Cc2ccccc2)n1.CO.O.O=[C-]c1nc(Cc2ccccc2)n[nH]1.[Li+].[Li+].[OH-].[OH-]. The molecule has 4 aromatic rings. The molecule has 7 N–H and O–H groups in total. The van der Waals surface area contributed by atoms with Crippen LogP contribution in [0.25, 0.3) is 0 Å². The minimum absolute atomic E-state index is 0. The molecular formula is C22H27Li2N6O6-. The van der Waals surface area contributed by atoms with E-state index >= 15 is 0 Å². The maximum Gasteiger partial charge on any atom is 1.00 e. The van der Waals surface area contributed by atoms with Gasteiger partial charge in [0.05, 0.1) is 0 Å². The molecule has 0 spiro atoms. The van der Waals surface area contributed by atoms with Crippen LogP contribution in [0.4, 0.5) is 0 Å². The number of hydrogen-bond donors (Lipinski definition) is 3. The van der Waals surface area contributed by atoms with Crippen molar-refractivity contribution in [1.82, 2.24) is 30.4 Å². The second-order valence-corrected chi connectivity index (χ2v) is 6.19. The van der Waals surface area contributed by atoms with Crippen LogP contribution in [0.3, 0.4) is 0 Å². The molecule has 0 aliphatic rings. The van der Waals surface area contributed by atoms with Gasteiger partial charge in [-0.05, 0) is 11.1 Å². The number of carbonyl (C=O) groups excluding carboxylic acids is 2. The number of H-pyrrole nitrogens is 2. The number of benzene rings is 2. The van der Waals surface area contributed by atoms with Gasteiger partial charge in [-0.2, -0.15) is 16.5 Å². The zero-order chi connectivity index (χ0) is 22.5. The molecule has 0 radical (unpaired) electrons. The maximum absolute atomic E-state index is 11.0. The fraction of sp³-hybridized carbons (Fsp3) is 0.182. The van der Waals surface area contributed by atoms with Crippen LogP contribution in [0.2, 0.25) is 0 Å². The molecule has 0 saturated heterocycles. The Morgan fingerprint density at radius 2 is 1.33 bits per heavy atom. The molecule has 12 nitrogen and oxygen atoms in total. The normalized spacial score (nSPS) is 8.31. The average molecular weight is 485 g/mol. The molecule has 0 fully saturated rings.